The van der Waals surface area contributed by atoms with Gasteiger partial charge in [-0.15, -0.1) is 0 Å². The minimum absolute atomic E-state index is 0.256. The number of benzene rings is 1. The van der Waals surface area contributed by atoms with E-state index in [9.17, 15) is 9.50 Å². The summed E-state index contributed by atoms with van der Waals surface area (Å²) in [6.07, 6.45) is 1.69. The van der Waals surface area contributed by atoms with Crippen LogP contribution in [0.15, 0.2) is 42.6 Å². The Morgan fingerprint density at radius 2 is 1.93 bits per heavy atom. The molecule has 0 saturated heterocycles. The van der Waals surface area contributed by atoms with E-state index in [4.69, 9.17) is 0 Å². The molecule has 0 amide bonds. The minimum Gasteiger partial charge on any atom is -0.387 e. The zero-order valence-corrected chi connectivity index (χ0v) is 8.15. The SMILES string of the molecule is OC(Cc1ccc(F)cc1)c1ccc[nH]1. The summed E-state index contributed by atoms with van der Waals surface area (Å²) >= 11 is 0. The Bertz CT molecular complexity index is 408. The van der Waals surface area contributed by atoms with E-state index in [1.165, 1.54) is 12.1 Å². The van der Waals surface area contributed by atoms with Crippen molar-refractivity contribution < 1.29 is 9.50 Å². The number of hydrogen-bond acceptors (Lipinski definition) is 1. The second kappa shape index (κ2) is 4.28. The van der Waals surface area contributed by atoms with Gasteiger partial charge >= 0.3 is 0 Å². The van der Waals surface area contributed by atoms with E-state index in [2.05, 4.69) is 4.98 Å². The summed E-state index contributed by atoms with van der Waals surface area (Å²) in [5.74, 6) is -0.256. The number of nitrogens with one attached hydrogen (secondary N) is 1. The molecule has 0 bridgehead atoms. The van der Waals surface area contributed by atoms with Gasteiger partial charge in [0.15, 0.2) is 0 Å². The van der Waals surface area contributed by atoms with Crippen molar-refractivity contribution in [3.63, 3.8) is 0 Å². The number of aromatic amines is 1. The van der Waals surface area contributed by atoms with Crippen molar-refractivity contribution in [2.75, 3.05) is 0 Å². The molecule has 2 nitrogen and oxygen atoms in total. The zero-order chi connectivity index (χ0) is 10.7. The van der Waals surface area contributed by atoms with Gasteiger partial charge in [0.2, 0.25) is 0 Å². The molecule has 1 aromatic heterocycles. The third-order valence-corrected chi connectivity index (χ3v) is 2.32. The van der Waals surface area contributed by atoms with Gasteiger partial charge < -0.3 is 10.1 Å². The Morgan fingerprint density at radius 1 is 1.20 bits per heavy atom. The Balaban J connectivity index is 2.06. The topological polar surface area (TPSA) is 36.0 Å². The molecular weight excluding hydrogens is 193 g/mol. The summed E-state index contributed by atoms with van der Waals surface area (Å²) in [6.45, 7) is 0. The first kappa shape index (κ1) is 9.93. The molecular formula is C12H12FNO. The fraction of sp³-hybridized carbons (Fsp3) is 0.167. The Morgan fingerprint density at radius 3 is 2.53 bits per heavy atom. The number of halogens is 1. The van der Waals surface area contributed by atoms with E-state index >= 15 is 0 Å². The normalized spacial score (nSPS) is 12.7. The molecule has 1 atom stereocenters. The lowest BCUT2D eigenvalue weighted by molar-refractivity contribution is 0.174. The lowest BCUT2D eigenvalue weighted by Crippen LogP contribution is -2.01. The smallest absolute Gasteiger partial charge is 0.123 e. The van der Waals surface area contributed by atoms with Crippen LogP contribution in [-0.4, -0.2) is 10.1 Å². The van der Waals surface area contributed by atoms with Crippen LogP contribution < -0.4 is 0 Å². The fourth-order valence-corrected chi connectivity index (χ4v) is 1.51. The average Bonchev–Trinajstić information content (AvgIpc) is 2.74. The van der Waals surface area contributed by atoms with Crippen LogP contribution >= 0.6 is 0 Å². The van der Waals surface area contributed by atoms with E-state index in [0.717, 1.165) is 11.3 Å². The van der Waals surface area contributed by atoms with Crippen LogP contribution in [-0.2, 0) is 6.42 Å². The number of rotatable bonds is 3. The highest BCUT2D eigenvalue weighted by atomic mass is 19.1. The van der Waals surface area contributed by atoms with Crippen molar-refractivity contribution in [1.82, 2.24) is 4.98 Å². The number of H-pyrrole nitrogens is 1. The number of aliphatic hydroxyl groups excluding tert-OH is 1. The predicted octanol–water partition coefficient (Wildman–Crippen LogP) is 2.43. The van der Waals surface area contributed by atoms with Gasteiger partial charge in [0.25, 0.3) is 0 Å². The maximum Gasteiger partial charge on any atom is 0.123 e. The molecule has 1 aromatic carbocycles. The Hall–Kier alpha value is -1.61. The van der Waals surface area contributed by atoms with Crippen LogP contribution in [0.4, 0.5) is 4.39 Å². The third-order valence-electron chi connectivity index (χ3n) is 2.32. The van der Waals surface area contributed by atoms with E-state index in [1.54, 1.807) is 18.3 Å². The lowest BCUT2D eigenvalue weighted by atomic mass is 10.1. The molecule has 0 aliphatic carbocycles. The summed E-state index contributed by atoms with van der Waals surface area (Å²) < 4.78 is 12.6. The van der Waals surface area contributed by atoms with Gasteiger partial charge in [0, 0.05) is 18.3 Å². The van der Waals surface area contributed by atoms with Crippen LogP contribution in [0.3, 0.4) is 0 Å². The molecule has 0 saturated carbocycles. The average molecular weight is 205 g/mol. The molecule has 0 radical (unpaired) electrons. The van der Waals surface area contributed by atoms with E-state index < -0.39 is 6.10 Å². The minimum atomic E-state index is -0.564. The summed E-state index contributed by atoms with van der Waals surface area (Å²) in [4.78, 5) is 2.94. The van der Waals surface area contributed by atoms with Crippen LogP contribution in [0.2, 0.25) is 0 Å². The van der Waals surface area contributed by atoms with E-state index in [0.29, 0.717) is 6.42 Å². The molecule has 2 N–H and O–H groups in total. The molecule has 78 valence electrons. The summed E-state index contributed by atoms with van der Waals surface area (Å²) in [6, 6.07) is 9.83. The van der Waals surface area contributed by atoms with Gasteiger partial charge in [0.1, 0.15) is 5.82 Å². The van der Waals surface area contributed by atoms with Crippen LogP contribution in [0.25, 0.3) is 0 Å². The van der Waals surface area contributed by atoms with Gasteiger partial charge in [-0.3, -0.25) is 0 Å². The van der Waals surface area contributed by atoms with Crippen molar-refractivity contribution >= 4 is 0 Å². The van der Waals surface area contributed by atoms with Gasteiger partial charge in [-0.2, -0.15) is 0 Å². The first-order valence-electron chi connectivity index (χ1n) is 4.81. The molecule has 2 rings (SSSR count). The maximum atomic E-state index is 12.6. The summed E-state index contributed by atoms with van der Waals surface area (Å²) in [5.41, 5.74) is 1.69. The van der Waals surface area contributed by atoms with Crippen molar-refractivity contribution in [1.29, 1.82) is 0 Å². The molecule has 2 aromatic rings. The van der Waals surface area contributed by atoms with Crippen molar-refractivity contribution in [2.45, 2.75) is 12.5 Å². The Labute approximate surface area is 87.4 Å². The molecule has 15 heavy (non-hydrogen) atoms. The quantitative estimate of drug-likeness (QED) is 0.793. The monoisotopic (exact) mass is 205 g/mol. The summed E-state index contributed by atoms with van der Waals surface area (Å²) in [7, 11) is 0. The second-order valence-electron chi connectivity index (χ2n) is 3.47. The van der Waals surface area contributed by atoms with Crippen molar-refractivity contribution in [3.8, 4) is 0 Å². The predicted molar refractivity (Wildman–Crippen MR) is 55.9 cm³/mol. The van der Waals surface area contributed by atoms with Gasteiger partial charge in [-0.25, -0.2) is 4.39 Å². The summed E-state index contributed by atoms with van der Waals surface area (Å²) in [5, 5.41) is 9.81. The van der Waals surface area contributed by atoms with Crippen LogP contribution in [0.1, 0.15) is 17.4 Å². The van der Waals surface area contributed by atoms with E-state index in [1.807, 2.05) is 12.1 Å². The molecule has 0 spiro atoms. The van der Waals surface area contributed by atoms with Gasteiger partial charge in [-0.05, 0) is 29.8 Å². The van der Waals surface area contributed by atoms with Crippen molar-refractivity contribution in [3.05, 3.63) is 59.7 Å². The molecule has 1 unspecified atom stereocenters. The van der Waals surface area contributed by atoms with Crippen LogP contribution in [0, 0.1) is 5.82 Å². The maximum absolute atomic E-state index is 12.6. The first-order valence-corrected chi connectivity index (χ1v) is 4.81. The highest BCUT2D eigenvalue weighted by Gasteiger charge is 2.08. The second-order valence-corrected chi connectivity index (χ2v) is 3.47. The molecule has 0 aliphatic rings. The van der Waals surface area contributed by atoms with Gasteiger partial charge in [-0.1, -0.05) is 12.1 Å². The largest absolute Gasteiger partial charge is 0.387 e. The Kier molecular flexibility index (Phi) is 2.83. The van der Waals surface area contributed by atoms with Crippen LogP contribution in [0.5, 0.6) is 0 Å². The number of hydrogen-bond donors (Lipinski definition) is 2. The highest BCUT2D eigenvalue weighted by molar-refractivity contribution is 5.19. The lowest BCUT2D eigenvalue weighted by Gasteiger charge is -2.08. The molecule has 1 heterocycles. The number of aliphatic hydroxyl groups is 1. The molecule has 3 heteroatoms. The van der Waals surface area contributed by atoms with Gasteiger partial charge in [0.05, 0.1) is 6.10 Å². The third kappa shape index (κ3) is 2.44. The highest BCUT2D eigenvalue weighted by Crippen LogP contribution is 2.16. The first-order chi connectivity index (χ1) is 7.25. The fourth-order valence-electron chi connectivity index (χ4n) is 1.51. The number of aromatic nitrogens is 1. The standard InChI is InChI=1S/C12H12FNO/c13-10-5-3-9(4-6-10)8-12(15)11-2-1-7-14-11/h1-7,12,14-15H,8H2. The van der Waals surface area contributed by atoms with E-state index in [-0.39, 0.29) is 5.82 Å². The molecule has 0 aliphatic heterocycles. The molecule has 0 fully saturated rings. The zero-order valence-electron chi connectivity index (χ0n) is 8.15. The van der Waals surface area contributed by atoms with Crippen molar-refractivity contribution in [2.24, 2.45) is 0 Å².